The lowest BCUT2D eigenvalue weighted by molar-refractivity contribution is 0.561. The standard InChI is InChI=1S/C25H48N4.4ClH/c1-23(2)11-7-12-24(3)13-8-14-25(4)15-22-29-21-10-20-28-18-6-5-17-27-19-9-16-26;;;;/h7,11-13,15,27-29H,5-6,8-10,14,16-22,26H2,1-4H3;4*1H/b12-7-,24-13-,25-15+;;;;. The summed E-state index contributed by atoms with van der Waals surface area (Å²) in [6.45, 7) is 15.8. The SMILES string of the molecule is CC(C)=C/C=C\C(C)=C/CC/C(C)=C/CNCCCNCCCCNCCCN.Cl.Cl.Cl.Cl. The molecule has 0 aromatic carbocycles. The fourth-order valence-electron chi connectivity index (χ4n) is 2.75. The van der Waals surface area contributed by atoms with Crippen LogP contribution in [0.25, 0.3) is 0 Å². The summed E-state index contributed by atoms with van der Waals surface area (Å²) in [5.74, 6) is 0. The summed E-state index contributed by atoms with van der Waals surface area (Å²) in [6, 6.07) is 0. The molecule has 0 aromatic heterocycles. The van der Waals surface area contributed by atoms with E-state index in [0.717, 1.165) is 65.1 Å². The molecular formula is C25H52Cl4N4. The zero-order chi connectivity index (χ0) is 21.6. The lowest BCUT2D eigenvalue weighted by Gasteiger charge is -2.06. The molecule has 0 rings (SSSR count). The van der Waals surface area contributed by atoms with Gasteiger partial charge in [0.1, 0.15) is 0 Å². The van der Waals surface area contributed by atoms with E-state index in [2.05, 4.69) is 74.0 Å². The van der Waals surface area contributed by atoms with Gasteiger partial charge < -0.3 is 21.7 Å². The normalized spacial score (nSPS) is 11.2. The van der Waals surface area contributed by atoms with E-state index < -0.39 is 0 Å². The molecule has 0 saturated carbocycles. The molecule has 0 spiro atoms. The maximum atomic E-state index is 5.47. The molecule has 8 heteroatoms. The van der Waals surface area contributed by atoms with Crippen LogP contribution in [0.15, 0.2) is 47.1 Å². The number of hydrogen-bond donors (Lipinski definition) is 4. The van der Waals surface area contributed by atoms with Gasteiger partial charge in [-0.25, -0.2) is 0 Å². The Morgan fingerprint density at radius 3 is 1.82 bits per heavy atom. The Bertz CT molecular complexity index is 503. The monoisotopic (exact) mass is 548 g/mol. The third kappa shape index (κ3) is 36.7. The second kappa shape index (κ2) is 34.1. The Morgan fingerprint density at radius 1 is 0.697 bits per heavy atom. The molecule has 0 heterocycles. The first-order chi connectivity index (χ1) is 14.1. The Morgan fingerprint density at radius 2 is 1.24 bits per heavy atom. The zero-order valence-corrected chi connectivity index (χ0v) is 24.6. The predicted molar refractivity (Wildman–Crippen MR) is 160 cm³/mol. The minimum absolute atomic E-state index is 0. The summed E-state index contributed by atoms with van der Waals surface area (Å²) >= 11 is 0. The fourth-order valence-corrected chi connectivity index (χ4v) is 2.75. The average molecular weight is 551 g/mol. The van der Waals surface area contributed by atoms with Crippen LogP contribution in [0.1, 0.15) is 66.2 Å². The number of halogens is 4. The largest absolute Gasteiger partial charge is 0.330 e. The molecule has 0 fully saturated rings. The molecule has 33 heavy (non-hydrogen) atoms. The molecule has 0 bridgehead atoms. The van der Waals surface area contributed by atoms with Crippen molar-refractivity contribution in [1.82, 2.24) is 16.0 Å². The molecule has 0 aromatic rings. The predicted octanol–water partition coefficient (Wildman–Crippen LogP) is 6.16. The lowest BCUT2D eigenvalue weighted by atomic mass is 10.1. The van der Waals surface area contributed by atoms with Crippen LogP contribution < -0.4 is 21.7 Å². The van der Waals surface area contributed by atoms with Crippen molar-refractivity contribution in [2.75, 3.05) is 45.8 Å². The number of nitrogens with one attached hydrogen (secondary N) is 3. The van der Waals surface area contributed by atoms with Gasteiger partial charge in [0.2, 0.25) is 0 Å². The minimum atomic E-state index is 0. The first kappa shape index (κ1) is 43.1. The van der Waals surface area contributed by atoms with Gasteiger partial charge in [0.25, 0.3) is 0 Å². The molecular weight excluding hydrogens is 498 g/mol. The summed E-state index contributed by atoms with van der Waals surface area (Å²) in [7, 11) is 0. The second-order valence-corrected chi connectivity index (χ2v) is 8.05. The molecule has 0 aliphatic rings. The summed E-state index contributed by atoms with van der Waals surface area (Å²) in [4.78, 5) is 0. The van der Waals surface area contributed by atoms with Crippen LogP contribution in [0, 0.1) is 0 Å². The molecule has 0 atom stereocenters. The quantitative estimate of drug-likeness (QED) is 0.0885. The van der Waals surface area contributed by atoms with Crippen molar-refractivity contribution in [3.8, 4) is 0 Å². The van der Waals surface area contributed by atoms with Gasteiger partial charge in [0.15, 0.2) is 0 Å². The van der Waals surface area contributed by atoms with E-state index >= 15 is 0 Å². The zero-order valence-electron chi connectivity index (χ0n) is 21.3. The van der Waals surface area contributed by atoms with E-state index in [9.17, 15) is 0 Å². The molecule has 0 amide bonds. The molecule has 0 aliphatic heterocycles. The van der Waals surface area contributed by atoms with Crippen molar-refractivity contribution in [2.24, 2.45) is 5.73 Å². The Hall–Kier alpha value is -0.0400. The van der Waals surface area contributed by atoms with Gasteiger partial charge in [-0.1, -0.05) is 47.1 Å². The molecule has 0 unspecified atom stereocenters. The van der Waals surface area contributed by atoms with E-state index in [1.54, 1.807) is 0 Å². The Kier molecular flexibility index (Phi) is 44.5. The van der Waals surface area contributed by atoms with Gasteiger partial charge in [-0.05, 0) is 105 Å². The van der Waals surface area contributed by atoms with E-state index in [-0.39, 0.29) is 49.6 Å². The van der Waals surface area contributed by atoms with E-state index in [1.165, 1.54) is 36.0 Å². The van der Waals surface area contributed by atoms with Crippen molar-refractivity contribution in [3.05, 3.63) is 47.1 Å². The smallest absolute Gasteiger partial charge is 0.0137 e. The first-order valence-electron chi connectivity index (χ1n) is 11.5. The van der Waals surface area contributed by atoms with Crippen LogP contribution in [0.4, 0.5) is 0 Å². The number of allylic oxidation sites excluding steroid dienone is 7. The maximum absolute atomic E-state index is 5.47. The van der Waals surface area contributed by atoms with Gasteiger partial charge in [0.05, 0.1) is 0 Å². The Labute approximate surface area is 229 Å². The van der Waals surface area contributed by atoms with Crippen LogP contribution in [-0.2, 0) is 0 Å². The summed E-state index contributed by atoms with van der Waals surface area (Å²) in [6.07, 6.45) is 18.1. The van der Waals surface area contributed by atoms with E-state index in [4.69, 9.17) is 5.73 Å². The molecule has 4 nitrogen and oxygen atoms in total. The lowest BCUT2D eigenvalue weighted by Crippen LogP contribution is -2.24. The fraction of sp³-hybridized carbons (Fsp3) is 0.680. The maximum Gasteiger partial charge on any atom is 0.0137 e. The van der Waals surface area contributed by atoms with E-state index in [1.807, 2.05) is 0 Å². The number of hydrogen-bond acceptors (Lipinski definition) is 4. The third-order valence-electron chi connectivity index (χ3n) is 4.61. The molecule has 0 saturated heterocycles. The number of unbranched alkanes of at least 4 members (excludes halogenated alkanes) is 1. The van der Waals surface area contributed by atoms with Crippen molar-refractivity contribution >= 4 is 49.6 Å². The van der Waals surface area contributed by atoms with Crippen LogP contribution >= 0.6 is 49.6 Å². The minimum Gasteiger partial charge on any atom is -0.330 e. The highest BCUT2D eigenvalue weighted by atomic mass is 35.5. The molecule has 5 N–H and O–H groups in total. The molecule has 0 radical (unpaired) electrons. The highest BCUT2D eigenvalue weighted by Gasteiger charge is 1.92. The van der Waals surface area contributed by atoms with Crippen molar-refractivity contribution in [2.45, 2.75) is 66.2 Å². The summed E-state index contributed by atoms with van der Waals surface area (Å²) in [5.41, 5.74) is 9.60. The topological polar surface area (TPSA) is 62.1 Å². The van der Waals surface area contributed by atoms with Crippen molar-refractivity contribution in [3.63, 3.8) is 0 Å². The third-order valence-corrected chi connectivity index (χ3v) is 4.61. The molecule has 200 valence electrons. The van der Waals surface area contributed by atoms with E-state index in [0.29, 0.717) is 0 Å². The first-order valence-corrected chi connectivity index (χ1v) is 11.5. The summed E-state index contributed by atoms with van der Waals surface area (Å²) in [5, 5.41) is 10.5. The van der Waals surface area contributed by atoms with Gasteiger partial charge in [0, 0.05) is 6.54 Å². The molecule has 0 aliphatic carbocycles. The van der Waals surface area contributed by atoms with Gasteiger partial charge in [-0.3, -0.25) is 0 Å². The average Bonchev–Trinajstić information content (AvgIpc) is 2.68. The highest BCUT2D eigenvalue weighted by molar-refractivity contribution is 5.86. The highest BCUT2D eigenvalue weighted by Crippen LogP contribution is 2.07. The van der Waals surface area contributed by atoms with Crippen LogP contribution in [0.3, 0.4) is 0 Å². The van der Waals surface area contributed by atoms with Crippen LogP contribution in [-0.4, -0.2) is 45.8 Å². The second-order valence-electron chi connectivity index (χ2n) is 8.05. The van der Waals surface area contributed by atoms with Crippen LogP contribution in [0.5, 0.6) is 0 Å². The van der Waals surface area contributed by atoms with Gasteiger partial charge in [-0.2, -0.15) is 0 Å². The number of nitrogens with two attached hydrogens (primary N) is 1. The van der Waals surface area contributed by atoms with Gasteiger partial charge >= 0.3 is 0 Å². The Balaban J connectivity index is -0.000000653. The van der Waals surface area contributed by atoms with Crippen LogP contribution in [0.2, 0.25) is 0 Å². The van der Waals surface area contributed by atoms with Gasteiger partial charge in [-0.15, -0.1) is 49.6 Å². The van der Waals surface area contributed by atoms with Crippen molar-refractivity contribution < 1.29 is 0 Å². The number of rotatable bonds is 19. The summed E-state index contributed by atoms with van der Waals surface area (Å²) < 4.78 is 0. The van der Waals surface area contributed by atoms with Crippen molar-refractivity contribution in [1.29, 1.82) is 0 Å².